The highest BCUT2D eigenvalue weighted by Crippen LogP contribution is 2.32. The fraction of sp³-hybridized carbons (Fsp3) is 0.300. The van der Waals surface area contributed by atoms with E-state index >= 15 is 0 Å². The summed E-state index contributed by atoms with van der Waals surface area (Å²) < 4.78 is 6.71. The van der Waals surface area contributed by atoms with Crippen molar-refractivity contribution in [1.29, 1.82) is 0 Å². The number of nitro groups is 1. The zero-order chi connectivity index (χ0) is 21.7. The van der Waals surface area contributed by atoms with Gasteiger partial charge in [-0.25, -0.2) is 0 Å². The molecule has 2 aromatic carbocycles. The molecule has 0 saturated carbocycles. The number of hydrogen-bond acceptors (Lipinski definition) is 5. The Morgan fingerprint density at radius 1 is 1.24 bits per heavy atom. The second kappa shape index (κ2) is 9.80. The summed E-state index contributed by atoms with van der Waals surface area (Å²) in [4.78, 5) is 22.6. The van der Waals surface area contributed by atoms with E-state index in [2.05, 4.69) is 40.4 Å². The van der Waals surface area contributed by atoms with Gasteiger partial charge in [0.05, 0.1) is 4.92 Å². The van der Waals surface area contributed by atoms with Crippen molar-refractivity contribution < 1.29 is 14.5 Å². The third-order valence-corrected chi connectivity index (χ3v) is 5.25. The zero-order valence-electron chi connectivity index (χ0n) is 16.5. The number of nitrogens with one attached hydrogen (secondary N) is 2. The van der Waals surface area contributed by atoms with Crippen LogP contribution in [0, 0.1) is 24.0 Å². The SMILES string of the molecule is Cc1cc(OCC(=O)NC(=S)Nc2ccc([N+](=O)[O-])cc2C)c(C(C)C)cc1Br. The third kappa shape index (κ3) is 6.23. The number of nitro benzene ring substituents is 1. The maximum absolute atomic E-state index is 12.2. The molecule has 0 radical (unpaired) electrons. The highest BCUT2D eigenvalue weighted by Gasteiger charge is 2.14. The molecule has 154 valence electrons. The Balaban J connectivity index is 1.97. The summed E-state index contributed by atoms with van der Waals surface area (Å²) in [5.74, 6) is 0.483. The summed E-state index contributed by atoms with van der Waals surface area (Å²) in [6, 6.07) is 8.23. The summed E-state index contributed by atoms with van der Waals surface area (Å²) >= 11 is 8.67. The summed E-state index contributed by atoms with van der Waals surface area (Å²) in [6.45, 7) is 7.58. The predicted molar refractivity (Wildman–Crippen MR) is 121 cm³/mol. The maximum atomic E-state index is 12.2. The number of halogens is 1. The highest BCUT2D eigenvalue weighted by molar-refractivity contribution is 9.10. The van der Waals surface area contributed by atoms with Crippen LogP contribution in [0.1, 0.15) is 36.5 Å². The summed E-state index contributed by atoms with van der Waals surface area (Å²) in [6.07, 6.45) is 0. The second-order valence-electron chi connectivity index (χ2n) is 6.84. The molecule has 1 amide bonds. The van der Waals surface area contributed by atoms with Gasteiger partial charge in [0, 0.05) is 22.3 Å². The smallest absolute Gasteiger partial charge is 0.269 e. The Bertz CT molecular complexity index is 963. The van der Waals surface area contributed by atoms with E-state index < -0.39 is 10.8 Å². The van der Waals surface area contributed by atoms with E-state index in [0.29, 0.717) is 17.0 Å². The zero-order valence-corrected chi connectivity index (χ0v) is 18.9. The average Bonchev–Trinajstić information content (AvgIpc) is 2.63. The minimum atomic E-state index is -0.469. The van der Waals surface area contributed by atoms with Gasteiger partial charge in [0.2, 0.25) is 0 Å². The Labute approximate surface area is 183 Å². The summed E-state index contributed by atoms with van der Waals surface area (Å²) in [5.41, 5.74) is 3.21. The average molecular weight is 480 g/mol. The lowest BCUT2D eigenvalue weighted by molar-refractivity contribution is -0.384. The number of rotatable bonds is 6. The maximum Gasteiger partial charge on any atom is 0.269 e. The molecule has 0 aliphatic heterocycles. The molecular weight excluding hydrogens is 458 g/mol. The van der Waals surface area contributed by atoms with Gasteiger partial charge in [0.1, 0.15) is 5.75 Å². The number of nitrogens with zero attached hydrogens (tertiary/aromatic N) is 1. The Hall–Kier alpha value is -2.52. The first kappa shape index (κ1) is 22.8. The number of anilines is 1. The van der Waals surface area contributed by atoms with E-state index in [9.17, 15) is 14.9 Å². The standard InChI is InChI=1S/C20H22BrN3O4S/c1-11(2)15-9-16(21)12(3)8-18(15)28-10-19(25)23-20(29)22-17-6-5-14(24(26)27)7-13(17)4/h5-9,11H,10H2,1-4H3,(H2,22,23,25,29). The van der Waals surface area contributed by atoms with Crippen LogP contribution in [0.5, 0.6) is 5.75 Å². The molecule has 0 saturated heterocycles. The molecule has 29 heavy (non-hydrogen) atoms. The fourth-order valence-electron chi connectivity index (χ4n) is 2.61. The van der Waals surface area contributed by atoms with E-state index in [4.69, 9.17) is 17.0 Å². The lowest BCUT2D eigenvalue weighted by Crippen LogP contribution is -2.37. The van der Waals surface area contributed by atoms with Crippen LogP contribution in [0.4, 0.5) is 11.4 Å². The number of amides is 1. The summed E-state index contributed by atoms with van der Waals surface area (Å²) in [5, 5.41) is 16.3. The van der Waals surface area contributed by atoms with E-state index in [1.807, 2.05) is 19.1 Å². The van der Waals surface area contributed by atoms with Crippen LogP contribution in [0.3, 0.4) is 0 Å². The first-order valence-electron chi connectivity index (χ1n) is 8.87. The van der Waals surface area contributed by atoms with Crippen molar-refractivity contribution in [2.24, 2.45) is 0 Å². The van der Waals surface area contributed by atoms with Gasteiger partial charge in [0.15, 0.2) is 11.7 Å². The molecule has 0 aliphatic rings. The molecule has 0 aliphatic carbocycles. The van der Waals surface area contributed by atoms with E-state index in [-0.39, 0.29) is 23.3 Å². The lowest BCUT2D eigenvalue weighted by atomic mass is 10.0. The third-order valence-electron chi connectivity index (χ3n) is 4.19. The van der Waals surface area contributed by atoms with Crippen LogP contribution >= 0.6 is 28.1 Å². The van der Waals surface area contributed by atoms with Gasteiger partial charge < -0.3 is 10.1 Å². The number of non-ortho nitro benzene ring substituents is 1. The van der Waals surface area contributed by atoms with Crippen LogP contribution in [0.2, 0.25) is 0 Å². The lowest BCUT2D eigenvalue weighted by Gasteiger charge is -2.16. The van der Waals surface area contributed by atoms with Gasteiger partial charge in [-0.05, 0) is 66.9 Å². The quantitative estimate of drug-likeness (QED) is 0.344. The minimum Gasteiger partial charge on any atom is -0.483 e. The van der Waals surface area contributed by atoms with E-state index in [1.165, 1.54) is 12.1 Å². The molecule has 2 rings (SSSR count). The van der Waals surface area contributed by atoms with Crippen molar-refractivity contribution in [2.45, 2.75) is 33.6 Å². The largest absolute Gasteiger partial charge is 0.483 e. The van der Waals surface area contributed by atoms with Crippen LogP contribution < -0.4 is 15.4 Å². The van der Waals surface area contributed by atoms with Crippen LogP contribution in [-0.4, -0.2) is 22.5 Å². The molecule has 0 heterocycles. The van der Waals surface area contributed by atoms with Gasteiger partial charge in [-0.3, -0.25) is 20.2 Å². The first-order valence-corrected chi connectivity index (χ1v) is 10.1. The second-order valence-corrected chi connectivity index (χ2v) is 8.10. The van der Waals surface area contributed by atoms with Crippen LogP contribution in [-0.2, 0) is 4.79 Å². The Morgan fingerprint density at radius 3 is 2.52 bits per heavy atom. The fourth-order valence-corrected chi connectivity index (χ4v) is 3.19. The number of aryl methyl sites for hydroxylation is 2. The van der Waals surface area contributed by atoms with Crippen molar-refractivity contribution >= 4 is 50.5 Å². The number of carbonyl (C=O) groups is 1. The van der Waals surface area contributed by atoms with Gasteiger partial charge >= 0.3 is 0 Å². The number of thiocarbonyl (C=S) groups is 1. The molecule has 9 heteroatoms. The normalized spacial score (nSPS) is 10.6. The number of ether oxygens (including phenoxy) is 1. The number of carbonyl (C=O) groups excluding carboxylic acids is 1. The van der Waals surface area contributed by atoms with Crippen LogP contribution in [0.25, 0.3) is 0 Å². The van der Waals surface area contributed by atoms with Crippen LogP contribution in [0.15, 0.2) is 34.8 Å². The van der Waals surface area contributed by atoms with Crippen molar-refractivity contribution in [1.82, 2.24) is 5.32 Å². The van der Waals surface area contributed by atoms with Gasteiger partial charge in [0.25, 0.3) is 11.6 Å². The molecule has 0 aromatic heterocycles. The molecule has 2 aromatic rings. The molecule has 2 N–H and O–H groups in total. The monoisotopic (exact) mass is 479 g/mol. The van der Waals surface area contributed by atoms with Crippen molar-refractivity contribution in [3.63, 3.8) is 0 Å². The van der Waals surface area contributed by atoms with Crippen molar-refractivity contribution in [2.75, 3.05) is 11.9 Å². The summed E-state index contributed by atoms with van der Waals surface area (Å²) in [7, 11) is 0. The van der Waals surface area contributed by atoms with Crippen molar-refractivity contribution in [3.8, 4) is 5.75 Å². The van der Waals surface area contributed by atoms with Gasteiger partial charge in [-0.2, -0.15) is 0 Å². The number of benzene rings is 2. The predicted octanol–water partition coefficient (Wildman–Crippen LogP) is 4.99. The first-order chi connectivity index (χ1) is 13.6. The molecule has 0 unspecified atom stereocenters. The molecule has 0 spiro atoms. The topological polar surface area (TPSA) is 93.5 Å². The van der Waals surface area contributed by atoms with Crippen molar-refractivity contribution in [3.05, 3.63) is 61.6 Å². The molecule has 0 fully saturated rings. The molecular formula is C20H22BrN3O4S. The molecule has 7 nitrogen and oxygen atoms in total. The van der Waals surface area contributed by atoms with E-state index in [1.54, 1.807) is 13.0 Å². The van der Waals surface area contributed by atoms with Gasteiger partial charge in [-0.15, -0.1) is 0 Å². The minimum absolute atomic E-state index is 0.0119. The molecule has 0 bridgehead atoms. The highest BCUT2D eigenvalue weighted by atomic mass is 79.9. The number of hydrogen-bond donors (Lipinski definition) is 2. The Kier molecular flexibility index (Phi) is 7.69. The Morgan fingerprint density at radius 2 is 1.93 bits per heavy atom. The van der Waals surface area contributed by atoms with E-state index in [0.717, 1.165) is 15.6 Å². The molecule has 0 atom stereocenters. The van der Waals surface area contributed by atoms with Gasteiger partial charge in [-0.1, -0.05) is 29.8 Å².